The molecule has 2 rings (SSSR count). The van der Waals surface area contributed by atoms with Gasteiger partial charge in [-0.1, -0.05) is 6.07 Å². The Kier molecular flexibility index (Phi) is 6.52. The summed E-state index contributed by atoms with van der Waals surface area (Å²) in [6.07, 6.45) is 0.948. The predicted molar refractivity (Wildman–Crippen MR) is 92.6 cm³/mol. The summed E-state index contributed by atoms with van der Waals surface area (Å²) in [5.41, 5.74) is 1.07. The van der Waals surface area contributed by atoms with Crippen molar-refractivity contribution in [1.29, 1.82) is 5.26 Å². The van der Waals surface area contributed by atoms with Crippen molar-refractivity contribution >= 4 is 28.9 Å². The second-order valence-corrected chi connectivity index (χ2v) is 6.28. The summed E-state index contributed by atoms with van der Waals surface area (Å²) in [6.45, 7) is 1.54. The van der Waals surface area contributed by atoms with E-state index in [9.17, 15) is 9.59 Å². The third kappa shape index (κ3) is 5.52. The molecule has 0 bridgehead atoms. The minimum absolute atomic E-state index is 0.284. The number of nitrogens with one attached hydrogen (secondary N) is 1. The van der Waals surface area contributed by atoms with E-state index >= 15 is 0 Å². The van der Waals surface area contributed by atoms with Crippen molar-refractivity contribution in [2.75, 3.05) is 5.32 Å². The highest BCUT2D eigenvalue weighted by molar-refractivity contribution is 7.09. The molecule has 1 amide bonds. The molecule has 1 aromatic heterocycles. The maximum Gasteiger partial charge on any atom is 0.306 e. The molecule has 1 heterocycles. The molecule has 0 unspecified atom stereocenters. The number of esters is 1. The Morgan fingerprint density at radius 1 is 1.29 bits per heavy atom. The second kappa shape index (κ2) is 8.85. The number of hydrogen-bond donors (Lipinski definition) is 1. The molecule has 1 N–H and O–H groups in total. The Balaban J connectivity index is 1.73. The lowest BCUT2D eigenvalue weighted by Crippen LogP contribution is -2.29. The Morgan fingerprint density at radius 3 is 2.67 bits per heavy atom. The van der Waals surface area contributed by atoms with Crippen molar-refractivity contribution in [2.24, 2.45) is 0 Å². The van der Waals surface area contributed by atoms with Crippen LogP contribution in [0.1, 0.15) is 30.2 Å². The van der Waals surface area contributed by atoms with Gasteiger partial charge in [-0.15, -0.1) is 11.3 Å². The number of nitrogens with zero attached hydrogens (tertiary/aromatic N) is 1. The van der Waals surface area contributed by atoms with E-state index in [1.807, 2.05) is 23.6 Å². The SMILES string of the molecule is C[C@@H](OC(=O)CCCc1cccs1)C(=O)Nc1ccc(C#N)cc1. The topological polar surface area (TPSA) is 79.2 Å². The Labute approximate surface area is 144 Å². The van der Waals surface area contributed by atoms with E-state index in [2.05, 4.69) is 5.32 Å². The van der Waals surface area contributed by atoms with Gasteiger partial charge in [0.25, 0.3) is 5.91 Å². The predicted octanol–water partition coefficient (Wildman–Crippen LogP) is 3.51. The number of amides is 1. The number of carbonyl (C=O) groups is 2. The zero-order chi connectivity index (χ0) is 17.4. The molecule has 1 aromatic carbocycles. The smallest absolute Gasteiger partial charge is 0.306 e. The highest BCUT2D eigenvalue weighted by atomic mass is 32.1. The molecule has 2 aromatic rings. The summed E-state index contributed by atoms with van der Waals surface area (Å²) in [4.78, 5) is 25.0. The van der Waals surface area contributed by atoms with E-state index in [0.29, 0.717) is 17.7 Å². The first-order valence-electron chi connectivity index (χ1n) is 7.61. The van der Waals surface area contributed by atoms with E-state index in [1.54, 1.807) is 35.6 Å². The van der Waals surface area contributed by atoms with Gasteiger partial charge in [0.05, 0.1) is 11.6 Å². The lowest BCUT2D eigenvalue weighted by Gasteiger charge is -2.13. The number of carbonyl (C=O) groups excluding carboxylic acids is 2. The summed E-state index contributed by atoms with van der Waals surface area (Å²) < 4.78 is 5.15. The first kappa shape index (κ1) is 17.7. The van der Waals surface area contributed by atoms with Crippen LogP contribution in [-0.2, 0) is 20.7 Å². The monoisotopic (exact) mass is 342 g/mol. The Bertz CT molecular complexity index is 718. The van der Waals surface area contributed by atoms with Crippen LogP contribution in [0.2, 0.25) is 0 Å². The average molecular weight is 342 g/mol. The van der Waals surface area contributed by atoms with E-state index in [1.165, 1.54) is 11.8 Å². The minimum Gasteiger partial charge on any atom is -0.453 e. The largest absolute Gasteiger partial charge is 0.453 e. The number of hydrogen-bond acceptors (Lipinski definition) is 5. The van der Waals surface area contributed by atoms with Crippen molar-refractivity contribution in [3.05, 3.63) is 52.2 Å². The molecule has 0 saturated carbocycles. The van der Waals surface area contributed by atoms with Gasteiger partial charge in [-0.3, -0.25) is 9.59 Å². The minimum atomic E-state index is -0.866. The summed E-state index contributed by atoms with van der Waals surface area (Å²) >= 11 is 1.66. The van der Waals surface area contributed by atoms with Crippen LogP contribution in [0.25, 0.3) is 0 Å². The van der Waals surface area contributed by atoms with Gasteiger partial charge < -0.3 is 10.1 Å². The fourth-order valence-corrected chi connectivity index (χ4v) is 2.79. The molecule has 124 valence electrons. The number of aryl methyl sites for hydroxylation is 1. The molecule has 24 heavy (non-hydrogen) atoms. The fraction of sp³-hybridized carbons (Fsp3) is 0.278. The van der Waals surface area contributed by atoms with Crippen LogP contribution >= 0.6 is 11.3 Å². The fourth-order valence-electron chi connectivity index (χ4n) is 2.04. The molecule has 0 aliphatic carbocycles. The highest BCUT2D eigenvalue weighted by Crippen LogP contribution is 2.13. The van der Waals surface area contributed by atoms with Crippen LogP contribution in [0.15, 0.2) is 41.8 Å². The molecule has 0 saturated heterocycles. The summed E-state index contributed by atoms with van der Waals surface area (Å²) in [5.74, 6) is -0.777. The lowest BCUT2D eigenvalue weighted by molar-refractivity contribution is -0.153. The van der Waals surface area contributed by atoms with Gasteiger partial charge in [-0.2, -0.15) is 5.26 Å². The number of nitriles is 1. The normalized spacial score (nSPS) is 11.3. The molecule has 0 radical (unpaired) electrons. The number of thiophene rings is 1. The summed E-state index contributed by atoms with van der Waals surface area (Å²) in [6, 6.07) is 12.5. The van der Waals surface area contributed by atoms with Crippen LogP contribution < -0.4 is 5.32 Å². The van der Waals surface area contributed by atoms with Gasteiger partial charge in [0.1, 0.15) is 0 Å². The Hall–Kier alpha value is -2.65. The first-order chi connectivity index (χ1) is 11.6. The lowest BCUT2D eigenvalue weighted by atomic mass is 10.2. The Morgan fingerprint density at radius 2 is 2.04 bits per heavy atom. The molecule has 6 heteroatoms. The summed E-state index contributed by atoms with van der Waals surface area (Å²) in [5, 5.41) is 13.4. The zero-order valence-corrected chi connectivity index (χ0v) is 14.1. The van der Waals surface area contributed by atoms with E-state index in [4.69, 9.17) is 10.00 Å². The summed E-state index contributed by atoms with van der Waals surface area (Å²) in [7, 11) is 0. The van der Waals surface area contributed by atoms with Gasteiger partial charge in [-0.25, -0.2) is 0 Å². The van der Waals surface area contributed by atoms with Gasteiger partial charge in [-0.05, 0) is 55.5 Å². The van der Waals surface area contributed by atoms with E-state index < -0.39 is 12.0 Å². The molecule has 1 atom stereocenters. The number of ether oxygens (including phenoxy) is 1. The molecular formula is C18H18N2O3S. The second-order valence-electron chi connectivity index (χ2n) is 5.24. The van der Waals surface area contributed by atoms with Gasteiger partial charge in [0.2, 0.25) is 0 Å². The highest BCUT2D eigenvalue weighted by Gasteiger charge is 2.17. The van der Waals surface area contributed by atoms with Crippen molar-refractivity contribution < 1.29 is 14.3 Å². The van der Waals surface area contributed by atoms with E-state index in [-0.39, 0.29) is 12.4 Å². The van der Waals surface area contributed by atoms with Gasteiger partial charge >= 0.3 is 5.97 Å². The quantitative estimate of drug-likeness (QED) is 0.781. The van der Waals surface area contributed by atoms with Crippen molar-refractivity contribution in [2.45, 2.75) is 32.3 Å². The number of rotatable bonds is 7. The third-order valence-electron chi connectivity index (χ3n) is 3.34. The van der Waals surface area contributed by atoms with Crippen molar-refractivity contribution in [3.63, 3.8) is 0 Å². The first-order valence-corrected chi connectivity index (χ1v) is 8.49. The maximum atomic E-state index is 12.0. The van der Waals surface area contributed by atoms with Gasteiger partial charge in [0.15, 0.2) is 6.10 Å². The molecule has 0 spiro atoms. The van der Waals surface area contributed by atoms with E-state index in [0.717, 1.165) is 6.42 Å². The van der Waals surface area contributed by atoms with Crippen LogP contribution in [0, 0.1) is 11.3 Å². The molecule has 0 aliphatic heterocycles. The maximum absolute atomic E-state index is 12.0. The molecule has 0 fully saturated rings. The van der Waals surface area contributed by atoms with Crippen molar-refractivity contribution in [1.82, 2.24) is 0 Å². The van der Waals surface area contributed by atoms with Crippen molar-refractivity contribution in [3.8, 4) is 6.07 Å². The standard InChI is InChI=1S/C18H18N2O3S/c1-13(18(22)20-15-9-7-14(12-19)8-10-15)23-17(21)6-2-4-16-5-3-11-24-16/h3,5,7-11,13H,2,4,6H2,1H3,(H,20,22)/t13-/m1/s1. The van der Waals surface area contributed by atoms with Crippen LogP contribution in [-0.4, -0.2) is 18.0 Å². The third-order valence-corrected chi connectivity index (χ3v) is 4.28. The average Bonchev–Trinajstić information content (AvgIpc) is 3.08. The number of anilines is 1. The van der Waals surface area contributed by atoms with Crippen LogP contribution in [0.4, 0.5) is 5.69 Å². The van der Waals surface area contributed by atoms with Gasteiger partial charge in [0, 0.05) is 17.0 Å². The van der Waals surface area contributed by atoms with Crippen LogP contribution in [0.3, 0.4) is 0 Å². The molecule has 0 aliphatic rings. The molecular weight excluding hydrogens is 324 g/mol. The molecule has 5 nitrogen and oxygen atoms in total. The zero-order valence-electron chi connectivity index (χ0n) is 13.3. The number of benzene rings is 1. The van der Waals surface area contributed by atoms with Crippen LogP contribution in [0.5, 0.6) is 0 Å².